The molecule has 3 heterocycles. The van der Waals surface area contributed by atoms with E-state index in [9.17, 15) is 0 Å². The second-order valence-electron chi connectivity index (χ2n) is 5.18. The van der Waals surface area contributed by atoms with Gasteiger partial charge >= 0.3 is 0 Å². The minimum absolute atomic E-state index is 0.138. The highest BCUT2D eigenvalue weighted by Gasteiger charge is 2.33. The number of rotatable bonds is 3. The Kier molecular flexibility index (Phi) is 4.19. The van der Waals surface area contributed by atoms with Crippen molar-refractivity contribution in [1.29, 1.82) is 0 Å². The fraction of sp³-hybridized carbons (Fsp3) is 0.600. The molecule has 102 valence electrons. The van der Waals surface area contributed by atoms with Gasteiger partial charge in [0.15, 0.2) is 0 Å². The molecule has 1 aromatic heterocycles. The van der Waals surface area contributed by atoms with E-state index in [4.69, 9.17) is 9.84 Å². The lowest BCUT2D eigenvalue weighted by molar-refractivity contribution is -0.0407. The molecule has 2 aliphatic rings. The van der Waals surface area contributed by atoms with Crippen LogP contribution in [0.15, 0.2) is 11.4 Å². The van der Waals surface area contributed by atoms with Gasteiger partial charge in [-0.05, 0) is 24.3 Å². The average molecular weight is 277 g/mol. The fourth-order valence-electron chi connectivity index (χ4n) is 2.82. The molecule has 2 atom stereocenters. The quantitative estimate of drug-likeness (QED) is 0.856. The normalized spacial score (nSPS) is 26.2. The van der Waals surface area contributed by atoms with Crippen LogP contribution in [0.3, 0.4) is 0 Å². The highest BCUT2D eigenvalue weighted by atomic mass is 32.1. The molecule has 0 saturated carbocycles. The van der Waals surface area contributed by atoms with Crippen molar-refractivity contribution in [2.45, 2.75) is 38.0 Å². The van der Waals surface area contributed by atoms with Crippen LogP contribution in [0.2, 0.25) is 0 Å². The summed E-state index contributed by atoms with van der Waals surface area (Å²) in [5, 5.41) is 10.9. The van der Waals surface area contributed by atoms with E-state index in [0.717, 1.165) is 25.2 Å². The molecule has 3 nitrogen and oxygen atoms in total. The zero-order valence-electron chi connectivity index (χ0n) is 11.0. The Bertz CT molecular complexity index is 476. The molecule has 4 heteroatoms. The first kappa shape index (κ1) is 13.1. The molecule has 0 aromatic carbocycles. The van der Waals surface area contributed by atoms with Crippen molar-refractivity contribution >= 4 is 11.3 Å². The van der Waals surface area contributed by atoms with E-state index < -0.39 is 0 Å². The number of thiophene rings is 1. The summed E-state index contributed by atoms with van der Waals surface area (Å²) in [4.78, 5) is 3.83. The maximum atomic E-state index is 8.77. The maximum Gasteiger partial charge on any atom is 0.0707 e. The molecule has 19 heavy (non-hydrogen) atoms. The molecule has 2 bridgehead atoms. The van der Waals surface area contributed by atoms with E-state index in [1.807, 2.05) is 0 Å². The molecule has 0 aliphatic carbocycles. The first-order valence-electron chi connectivity index (χ1n) is 6.89. The number of likely N-dealkylation sites (tertiary alicyclic amines) is 1. The number of aliphatic hydroxyl groups is 1. The second-order valence-corrected chi connectivity index (χ2v) is 6.19. The van der Waals surface area contributed by atoms with Gasteiger partial charge in [-0.3, -0.25) is 4.90 Å². The largest absolute Gasteiger partial charge is 0.395 e. The zero-order chi connectivity index (χ0) is 13.1. The molecule has 2 saturated heterocycles. The van der Waals surface area contributed by atoms with Gasteiger partial charge in [-0.1, -0.05) is 11.8 Å². The summed E-state index contributed by atoms with van der Waals surface area (Å²) < 4.78 is 5.86. The van der Waals surface area contributed by atoms with Gasteiger partial charge in [0.05, 0.1) is 18.8 Å². The predicted octanol–water partition coefficient (Wildman–Crippen LogP) is 1.85. The topological polar surface area (TPSA) is 32.7 Å². The number of fused-ring (bicyclic) bond motifs is 2. The van der Waals surface area contributed by atoms with Crippen molar-refractivity contribution in [3.05, 3.63) is 21.9 Å². The lowest BCUT2D eigenvalue weighted by Crippen LogP contribution is -2.41. The van der Waals surface area contributed by atoms with Gasteiger partial charge in [-0.2, -0.15) is 0 Å². The van der Waals surface area contributed by atoms with E-state index >= 15 is 0 Å². The van der Waals surface area contributed by atoms with Crippen LogP contribution in [-0.4, -0.2) is 41.9 Å². The van der Waals surface area contributed by atoms with Gasteiger partial charge < -0.3 is 9.84 Å². The SMILES string of the molecule is OCCC#Cc1ccsc1CN1CC2CCC(C1)O2. The molecule has 2 unspecified atom stereocenters. The van der Waals surface area contributed by atoms with Crippen LogP contribution in [0.4, 0.5) is 0 Å². The first-order chi connectivity index (χ1) is 9.35. The van der Waals surface area contributed by atoms with E-state index in [0.29, 0.717) is 18.6 Å². The van der Waals surface area contributed by atoms with Crippen LogP contribution in [0.5, 0.6) is 0 Å². The van der Waals surface area contributed by atoms with E-state index in [1.165, 1.54) is 17.7 Å². The highest BCUT2D eigenvalue weighted by Crippen LogP contribution is 2.28. The van der Waals surface area contributed by atoms with Crippen LogP contribution >= 0.6 is 11.3 Å². The Labute approximate surface area is 118 Å². The van der Waals surface area contributed by atoms with Crippen LogP contribution in [0.1, 0.15) is 29.7 Å². The van der Waals surface area contributed by atoms with Crippen molar-refractivity contribution < 1.29 is 9.84 Å². The van der Waals surface area contributed by atoms with Gasteiger partial charge in [-0.15, -0.1) is 11.3 Å². The summed E-state index contributed by atoms with van der Waals surface area (Å²) in [5.74, 6) is 6.17. The predicted molar refractivity (Wildman–Crippen MR) is 76.1 cm³/mol. The Morgan fingerprint density at radius 1 is 1.37 bits per heavy atom. The third-order valence-electron chi connectivity index (χ3n) is 3.69. The summed E-state index contributed by atoms with van der Waals surface area (Å²) in [5.41, 5.74) is 1.12. The Morgan fingerprint density at radius 3 is 2.89 bits per heavy atom. The number of hydrogen-bond donors (Lipinski definition) is 1. The second kappa shape index (κ2) is 6.06. The van der Waals surface area contributed by atoms with Crippen LogP contribution < -0.4 is 0 Å². The molecule has 3 rings (SSSR count). The molecule has 1 N–H and O–H groups in total. The summed E-state index contributed by atoms with van der Waals surface area (Å²) in [6.45, 7) is 3.23. The molecular formula is C15H19NO2S. The number of aliphatic hydroxyl groups excluding tert-OH is 1. The van der Waals surface area contributed by atoms with E-state index in [2.05, 4.69) is 28.2 Å². The maximum absolute atomic E-state index is 8.77. The minimum atomic E-state index is 0.138. The summed E-state index contributed by atoms with van der Waals surface area (Å²) in [6.07, 6.45) is 3.88. The van der Waals surface area contributed by atoms with E-state index in [1.54, 1.807) is 11.3 Å². The zero-order valence-corrected chi connectivity index (χ0v) is 11.8. The third-order valence-corrected chi connectivity index (χ3v) is 4.60. The summed E-state index contributed by atoms with van der Waals surface area (Å²) in [6, 6.07) is 2.08. The number of hydrogen-bond acceptors (Lipinski definition) is 4. The lowest BCUT2D eigenvalue weighted by Gasteiger charge is -2.31. The molecule has 0 spiro atoms. The third kappa shape index (κ3) is 3.18. The fourth-order valence-corrected chi connectivity index (χ4v) is 3.69. The molecule has 0 radical (unpaired) electrons. The van der Waals surface area contributed by atoms with Gasteiger partial charge in [0.25, 0.3) is 0 Å². The highest BCUT2D eigenvalue weighted by molar-refractivity contribution is 7.10. The van der Waals surface area contributed by atoms with Crippen LogP contribution in [-0.2, 0) is 11.3 Å². The molecule has 0 amide bonds. The first-order valence-corrected chi connectivity index (χ1v) is 7.77. The molecule has 1 aromatic rings. The van der Waals surface area contributed by atoms with Gasteiger partial charge in [0.1, 0.15) is 0 Å². The van der Waals surface area contributed by atoms with Crippen molar-refractivity contribution in [1.82, 2.24) is 4.90 Å². The standard InChI is InChI=1S/C15H19NO2S/c17-7-2-1-3-12-6-8-19-15(12)11-16-9-13-4-5-14(10-16)18-13/h6,8,13-14,17H,2,4-5,7,9-11H2. The lowest BCUT2D eigenvalue weighted by atomic mass is 10.2. The van der Waals surface area contributed by atoms with Gasteiger partial charge in [0, 0.05) is 36.5 Å². The van der Waals surface area contributed by atoms with Crippen molar-refractivity contribution in [2.24, 2.45) is 0 Å². The van der Waals surface area contributed by atoms with Crippen LogP contribution in [0.25, 0.3) is 0 Å². The monoisotopic (exact) mass is 277 g/mol. The Morgan fingerprint density at radius 2 is 2.16 bits per heavy atom. The van der Waals surface area contributed by atoms with E-state index in [-0.39, 0.29) is 6.61 Å². The molecular weight excluding hydrogens is 258 g/mol. The average Bonchev–Trinajstić information content (AvgIpc) is 2.97. The van der Waals surface area contributed by atoms with Gasteiger partial charge in [0.2, 0.25) is 0 Å². The molecule has 2 aliphatic heterocycles. The number of morpholine rings is 1. The smallest absolute Gasteiger partial charge is 0.0707 e. The summed E-state index contributed by atoms with van der Waals surface area (Å²) >= 11 is 1.78. The van der Waals surface area contributed by atoms with Crippen molar-refractivity contribution in [3.63, 3.8) is 0 Å². The Balaban J connectivity index is 1.64. The summed E-state index contributed by atoms with van der Waals surface area (Å²) in [7, 11) is 0. The van der Waals surface area contributed by atoms with Crippen LogP contribution in [0, 0.1) is 11.8 Å². The number of nitrogens with zero attached hydrogens (tertiary/aromatic N) is 1. The Hall–Kier alpha value is -0.860. The van der Waals surface area contributed by atoms with Crippen molar-refractivity contribution in [3.8, 4) is 11.8 Å². The van der Waals surface area contributed by atoms with Gasteiger partial charge in [-0.25, -0.2) is 0 Å². The number of ether oxygens (including phenoxy) is 1. The minimum Gasteiger partial charge on any atom is -0.395 e. The van der Waals surface area contributed by atoms with Crippen molar-refractivity contribution in [2.75, 3.05) is 19.7 Å². The molecule has 2 fully saturated rings.